The van der Waals surface area contributed by atoms with Crippen LogP contribution in [0.1, 0.15) is 52.9 Å². The Morgan fingerprint density at radius 2 is 1.82 bits per heavy atom. The second-order valence-electron chi connectivity index (χ2n) is 4.15. The zero-order chi connectivity index (χ0) is 8.27. The van der Waals surface area contributed by atoms with Gasteiger partial charge in [0.1, 0.15) is 0 Å². The summed E-state index contributed by atoms with van der Waals surface area (Å²) in [6, 6.07) is 0. The van der Waals surface area contributed by atoms with Crippen LogP contribution in [0.15, 0.2) is 0 Å². The average molecular weight is 154 g/mol. The Bertz CT molecular complexity index is 107. The molecule has 1 saturated carbocycles. The van der Waals surface area contributed by atoms with E-state index >= 15 is 0 Å². The van der Waals surface area contributed by atoms with E-state index in [1.165, 1.54) is 32.1 Å². The molecule has 0 radical (unpaired) electrons. The Kier molecular flexibility index (Phi) is 3.42. The zero-order valence-electron chi connectivity index (χ0n) is 8.27. The molecular weight excluding hydrogens is 132 g/mol. The van der Waals surface area contributed by atoms with E-state index in [1.54, 1.807) is 0 Å². The Morgan fingerprint density at radius 1 is 1.09 bits per heavy atom. The molecule has 0 saturated heterocycles. The molecule has 1 aliphatic rings. The predicted octanol–water partition coefficient (Wildman–Crippen LogP) is 3.86. The van der Waals surface area contributed by atoms with E-state index in [0.29, 0.717) is 0 Å². The van der Waals surface area contributed by atoms with Crippen LogP contribution in [-0.2, 0) is 0 Å². The highest BCUT2D eigenvalue weighted by atomic mass is 14.3. The molecule has 0 aliphatic heterocycles. The fraction of sp³-hybridized carbons (Fsp3) is 1.00. The Morgan fingerprint density at radius 3 is 2.27 bits per heavy atom. The monoisotopic (exact) mass is 154 g/mol. The molecule has 0 N–H and O–H groups in total. The molecule has 0 spiro atoms. The first-order chi connectivity index (χ1) is 5.29. The SMILES string of the molecule is CCC1[C@@H](CC)CCC[C@H]1C. The highest BCUT2D eigenvalue weighted by Crippen LogP contribution is 2.38. The lowest BCUT2D eigenvalue weighted by Gasteiger charge is -2.35. The molecule has 0 aromatic carbocycles. The van der Waals surface area contributed by atoms with Gasteiger partial charge in [-0.2, -0.15) is 0 Å². The summed E-state index contributed by atoms with van der Waals surface area (Å²) in [5, 5.41) is 0. The molecular formula is C11H22. The lowest BCUT2D eigenvalue weighted by Crippen LogP contribution is -2.25. The first-order valence-corrected chi connectivity index (χ1v) is 5.29. The molecule has 11 heavy (non-hydrogen) atoms. The van der Waals surface area contributed by atoms with Crippen molar-refractivity contribution in [3.05, 3.63) is 0 Å². The third-order valence-electron chi connectivity index (χ3n) is 3.57. The maximum absolute atomic E-state index is 2.44. The first-order valence-electron chi connectivity index (χ1n) is 5.29. The van der Waals surface area contributed by atoms with Gasteiger partial charge in [0.2, 0.25) is 0 Å². The number of hydrogen-bond acceptors (Lipinski definition) is 0. The molecule has 1 aliphatic carbocycles. The van der Waals surface area contributed by atoms with Crippen molar-refractivity contribution in [1.82, 2.24) is 0 Å². The quantitative estimate of drug-likeness (QED) is 0.566. The van der Waals surface area contributed by atoms with Gasteiger partial charge in [0.05, 0.1) is 0 Å². The van der Waals surface area contributed by atoms with E-state index in [4.69, 9.17) is 0 Å². The fourth-order valence-corrected chi connectivity index (χ4v) is 2.84. The van der Waals surface area contributed by atoms with Crippen molar-refractivity contribution < 1.29 is 0 Å². The van der Waals surface area contributed by atoms with Crippen molar-refractivity contribution in [2.24, 2.45) is 17.8 Å². The summed E-state index contributed by atoms with van der Waals surface area (Å²) in [6.07, 6.45) is 7.27. The van der Waals surface area contributed by atoms with Gasteiger partial charge in [0.25, 0.3) is 0 Å². The summed E-state index contributed by atoms with van der Waals surface area (Å²) in [6.45, 7) is 7.15. The maximum Gasteiger partial charge on any atom is -0.0363 e. The highest BCUT2D eigenvalue weighted by Gasteiger charge is 2.27. The number of hydrogen-bond donors (Lipinski definition) is 0. The van der Waals surface area contributed by atoms with Crippen LogP contribution in [0, 0.1) is 17.8 Å². The maximum atomic E-state index is 2.44. The predicted molar refractivity (Wildman–Crippen MR) is 50.6 cm³/mol. The summed E-state index contributed by atoms with van der Waals surface area (Å²) in [7, 11) is 0. The Hall–Kier alpha value is 0. The van der Waals surface area contributed by atoms with Crippen LogP contribution in [0.5, 0.6) is 0 Å². The van der Waals surface area contributed by atoms with Crippen LogP contribution in [0.3, 0.4) is 0 Å². The van der Waals surface area contributed by atoms with Crippen LogP contribution in [-0.4, -0.2) is 0 Å². The van der Waals surface area contributed by atoms with Crippen molar-refractivity contribution in [2.75, 3.05) is 0 Å². The zero-order valence-corrected chi connectivity index (χ0v) is 8.27. The van der Waals surface area contributed by atoms with Gasteiger partial charge in [-0.15, -0.1) is 0 Å². The summed E-state index contributed by atoms with van der Waals surface area (Å²) in [5.74, 6) is 3.08. The molecule has 1 unspecified atom stereocenters. The van der Waals surface area contributed by atoms with E-state index < -0.39 is 0 Å². The molecule has 1 rings (SSSR count). The van der Waals surface area contributed by atoms with Crippen molar-refractivity contribution in [1.29, 1.82) is 0 Å². The Balaban J connectivity index is 2.48. The van der Waals surface area contributed by atoms with Crippen molar-refractivity contribution >= 4 is 0 Å². The average Bonchev–Trinajstić information content (AvgIpc) is 2.04. The molecule has 0 nitrogen and oxygen atoms in total. The molecule has 3 atom stereocenters. The van der Waals surface area contributed by atoms with E-state index in [2.05, 4.69) is 20.8 Å². The second kappa shape index (κ2) is 4.13. The van der Waals surface area contributed by atoms with E-state index in [1.807, 2.05) is 0 Å². The molecule has 0 amide bonds. The molecule has 0 bridgehead atoms. The molecule has 0 heteroatoms. The van der Waals surface area contributed by atoms with E-state index in [-0.39, 0.29) is 0 Å². The van der Waals surface area contributed by atoms with Crippen LogP contribution in [0.2, 0.25) is 0 Å². The van der Waals surface area contributed by atoms with Crippen LogP contribution in [0.25, 0.3) is 0 Å². The lowest BCUT2D eigenvalue weighted by molar-refractivity contribution is 0.155. The van der Waals surface area contributed by atoms with Crippen LogP contribution in [0.4, 0.5) is 0 Å². The largest absolute Gasteiger partial charge is 0.0651 e. The minimum atomic E-state index is 0.999. The number of rotatable bonds is 2. The van der Waals surface area contributed by atoms with E-state index in [0.717, 1.165) is 17.8 Å². The first kappa shape index (κ1) is 9.09. The van der Waals surface area contributed by atoms with Gasteiger partial charge in [0, 0.05) is 0 Å². The molecule has 1 fully saturated rings. The summed E-state index contributed by atoms with van der Waals surface area (Å²) >= 11 is 0. The highest BCUT2D eigenvalue weighted by molar-refractivity contribution is 4.78. The smallest absolute Gasteiger partial charge is 0.0363 e. The topological polar surface area (TPSA) is 0 Å². The van der Waals surface area contributed by atoms with Gasteiger partial charge >= 0.3 is 0 Å². The van der Waals surface area contributed by atoms with Gasteiger partial charge in [-0.3, -0.25) is 0 Å². The normalized spacial score (nSPS) is 39.0. The molecule has 0 aromatic heterocycles. The summed E-state index contributed by atoms with van der Waals surface area (Å²) in [4.78, 5) is 0. The van der Waals surface area contributed by atoms with Crippen molar-refractivity contribution in [3.8, 4) is 0 Å². The third kappa shape index (κ3) is 1.98. The lowest BCUT2D eigenvalue weighted by atomic mass is 9.71. The third-order valence-corrected chi connectivity index (χ3v) is 3.57. The van der Waals surface area contributed by atoms with E-state index in [9.17, 15) is 0 Å². The van der Waals surface area contributed by atoms with Crippen LogP contribution < -0.4 is 0 Å². The van der Waals surface area contributed by atoms with Gasteiger partial charge in [0.15, 0.2) is 0 Å². The molecule has 66 valence electrons. The van der Waals surface area contributed by atoms with Gasteiger partial charge in [-0.05, 0) is 17.8 Å². The second-order valence-corrected chi connectivity index (χ2v) is 4.15. The standard InChI is InChI=1S/C11H22/c1-4-10-8-6-7-9(3)11(10)5-2/h9-11H,4-8H2,1-3H3/t9-,10+,11?/m1/s1. The molecule has 0 aromatic rings. The minimum Gasteiger partial charge on any atom is -0.0651 e. The van der Waals surface area contributed by atoms with Gasteiger partial charge in [-0.25, -0.2) is 0 Å². The molecule has 0 heterocycles. The van der Waals surface area contributed by atoms with Crippen molar-refractivity contribution in [2.45, 2.75) is 52.9 Å². The minimum absolute atomic E-state index is 0.999. The summed E-state index contributed by atoms with van der Waals surface area (Å²) < 4.78 is 0. The van der Waals surface area contributed by atoms with Gasteiger partial charge in [-0.1, -0.05) is 52.9 Å². The summed E-state index contributed by atoms with van der Waals surface area (Å²) in [5.41, 5.74) is 0. The van der Waals surface area contributed by atoms with Crippen molar-refractivity contribution in [3.63, 3.8) is 0 Å². The Labute approximate surface area is 71.4 Å². The van der Waals surface area contributed by atoms with Crippen LogP contribution >= 0.6 is 0 Å². The fourth-order valence-electron chi connectivity index (χ4n) is 2.84. The van der Waals surface area contributed by atoms with Gasteiger partial charge < -0.3 is 0 Å².